The Labute approximate surface area is 90.4 Å². The fourth-order valence-electron chi connectivity index (χ4n) is 1.48. The molecule has 15 heavy (non-hydrogen) atoms. The minimum Gasteiger partial charge on any atom is -0.494 e. The Bertz CT molecular complexity index is 310. The third-order valence-corrected chi connectivity index (χ3v) is 2.51. The topological polar surface area (TPSA) is 21.3 Å². The highest BCUT2D eigenvalue weighted by atomic mass is 19.1. The quantitative estimate of drug-likeness (QED) is 0.805. The van der Waals surface area contributed by atoms with Crippen LogP contribution in [0.15, 0.2) is 18.2 Å². The van der Waals surface area contributed by atoms with Gasteiger partial charge in [-0.2, -0.15) is 0 Å². The van der Waals surface area contributed by atoms with Gasteiger partial charge in [-0.25, -0.2) is 4.39 Å². The SMILES string of the molecule is CCC(CC)Nc1ccc(F)c(OC)c1. The molecule has 0 radical (unpaired) electrons. The van der Waals surface area contributed by atoms with Crippen LogP contribution in [0.1, 0.15) is 26.7 Å². The largest absolute Gasteiger partial charge is 0.494 e. The summed E-state index contributed by atoms with van der Waals surface area (Å²) in [5.74, 6) is -0.0430. The fourth-order valence-corrected chi connectivity index (χ4v) is 1.48. The van der Waals surface area contributed by atoms with Gasteiger partial charge >= 0.3 is 0 Å². The summed E-state index contributed by atoms with van der Waals surface area (Å²) >= 11 is 0. The highest BCUT2D eigenvalue weighted by Crippen LogP contribution is 2.22. The van der Waals surface area contributed by atoms with Gasteiger partial charge in [0.05, 0.1) is 7.11 Å². The van der Waals surface area contributed by atoms with Crippen LogP contribution in [0, 0.1) is 5.82 Å². The van der Waals surface area contributed by atoms with Gasteiger partial charge in [-0.3, -0.25) is 0 Å². The third kappa shape index (κ3) is 3.11. The number of halogens is 1. The summed E-state index contributed by atoms with van der Waals surface area (Å²) in [4.78, 5) is 0. The van der Waals surface area contributed by atoms with Gasteiger partial charge in [0.15, 0.2) is 11.6 Å². The van der Waals surface area contributed by atoms with E-state index in [2.05, 4.69) is 19.2 Å². The highest BCUT2D eigenvalue weighted by molar-refractivity contribution is 5.49. The van der Waals surface area contributed by atoms with Gasteiger partial charge in [0.25, 0.3) is 0 Å². The van der Waals surface area contributed by atoms with Crippen LogP contribution in [0.3, 0.4) is 0 Å². The minimum absolute atomic E-state index is 0.283. The molecular formula is C12H18FNO. The molecule has 1 rings (SSSR count). The van der Waals surface area contributed by atoms with E-state index < -0.39 is 0 Å². The van der Waals surface area contributed by atoms with Gasteiger partial charge < -0.3 is 10.1 Å². The molecule has 84 valence electrons. The van der Waals surface area contributed by atoms with Crippen molar-refractivity contribution in [2.24, 2.45) is 0 Å². The van der Waals surface area contributed by atoms with Crippen LogP contribution < -0.4 is 10.1 Å². The van der Waals surface area contributed by atoms with Gasteiger partial charge in [-0.1, -0.05) is 13.8 Å². The Hall–Kier alpha value is -1.25. The molecule has 0 aromatic heterocycles. The van der Waals surface area contributed by atoms with E-state index in [0.717, 1.165) is 18.5 Å². The normalized spacial score (nSPS) is 10.5. The molecule has 0 aliphatic heterocycles. The zero-order valence-corrected chi connectivity index (χ0v) is 9.51. The monoisotopic (exact) mass is 211 g/mol. The zero-order valence-electron chi connectivity index (χ0n) is 9.51. The van der Waals surface area contributed by atoms with Crippen molar-refractivity contribution in [1.82, 2.24) is 0 Å². The number of ether oxygens (including phenoxy) is 1. The number of rotatable bonds is 5. The number of hydrogen-bond acceptors (Lipinski definition) is 2. The summed E-state index contributed by atoms with van der Waals surface area (Å²) in [6.45, 7) is 4.25. The van der Waals surface area contributed by atoms with E-state index in [9.17, 15) is 4.39 Å². The van der Waals surface area contributed by atoms with Crippen LogP contribution in [0.25, 0.3) is 0 Å². The molecular weight excluding hydrogens is 193 g/mol. The zero-order chi connectivity index (χ0) is 11.3. The predicted octanol–water partition coefficient (Wildman–Crippen LogP) is 3.43. The summed E-state index contributed by atoms with van der Waals surface area (Å²) in [6.07, 6.45) is 2.10. The Kier molecular flexibility index (Phi) is 4.40. The summed E-state index contributed by atoms with van der Waals surface area (Å²) in [5, 5.41) is 3.33. The van der Waals surface area contributed by atoms with Gasteiger partial charge in [0.1, 0.15) is 0 Å². The van der Waals surface area contributed by atoms with Crippen molar-refractivity contribution in [3.63, 3.8) is 0 Å². The van der Waals surface area contributed by atoms with Crippen molar-refractivity contribution in [3.05, 3.63) is 24.0 Å². The summed E-state index contributed by atoms with van der Waals surface area (Å²) in [7, 11) is 1.47. The molecule has 0 fully saturated rings. The van der Waals surface area contributed by atoms with E-state index in [-0.39, 0.29) is 11.6 Å². The molecule has 0 atom stereocenters. The van der Waals surface area contributed by atoms with Crippen molar-refractivity contribution in [3.8, 4) is 5.75 Å². The Morgan fingerprint density at radius 3 is 2.53 bits per heavy atom. The van der Waals surface area contributed by atoms with E-state index in [4.69, 9.17) is 4.74 Å². The molecule has 1 aromatic rings. The predicted molar refractivity (Wildman–Crippen MR) is 60.9 cm³/mol. The van der Waals surface area contributed by atoms with E-state index in [1.165, 1.54) is 13.2 Å². The number of methoxy groups -OCH3 is 1. The molecule has 0 bridgehead atoms. The lowest BCUT2D eigenvalue weighted by molar-refractivity contribution is 0.386. The average molecular weight is 211 g/mol. The van der Waals surface area contributed by atoms with Crippen LogP contribution in [-0.4, -0.2) is 13.2 Å². The van der Waals surface area contributed by atoms with Crippen LogP contribution in [0.4, 0.5) is 10.1 Å². The lowest BCUT2D eigenvalue weighted by Gasteiger charge is -2.16. The molecule has 2 nitrogen and oxygen atoms in total. The van der Waals surface area contributed by atoms with Crippen LogP contribution in [0.2, 0.25) is 0 Å². The summed E-state index contributed by atoms with van der Waals surface area (Å²) in [6, 6.07) is 5.27. The maximum atomic E-state index is 13.1. The maximum absolute atomic E-state index is 13.1. The first-order valence-corrected chi connectivity index (χ1v) is 5.31. The van der Waals surface area contributed by atoms with Crippen LogP contribution >= 0.6 is 0 Å². The second kappa shape index (κ2) is 5.59. The second-order valence-electron chi connectivity index (χ2n) is 3.51. The minimum atomic E-state index is -0.326. The van der Waals surface area contributed by atoms with Crippen molar-refractivity contribution in [2.75, 3.05) is 12.4 Å². The molecule has 0 spiro atoms. The third-order valence-electron chi connectivity index (χ3n) is 2.51. The number of anilines is 1. The fraction of sp³-hybridized carbons (Fsp3) is 0.500. The van der Waals surface area contributed by atoms with E-state index >= 15 is 0 Å². The molecule has 0 heterocycles. The van der Waals surface area contributed by atoms with Crippen LogP contribution in [0.5, 0.6) is 5.75 Å². The molecule has 0 unspecified atom stereocenters. The van der Waals surface area contributed by atoms with Crippen molar-refractivity contribution in [1.29, 1.82) is 0 Å². The van der Waals surface area contributed by atoms with Gasteiger partial charge in [-0.15, -0.1) is 0 Å². The molecule has 0 aliphatic rings. The first-order chi connectivity index (χ1) is 7.21. The van der Waals surface area contributed by atoms with Crippen molar-refractivity contribution < 1.29 is 9.13 Å². The van der Waals surface area contributed by atoms with Gasteiger partial charge in [0.2, 0.25) is 0 Å². The molecule has 0 aliphatic carbocycles. The molecule has 0 saturated carbocycles. The lowest BCUT2D eigenvalue weighted by Crippen LogP contribution is -2.16. The van der Waals surface area contributed by atoms with E-state index in [1.54, 1.807) is 12.1 Å². The van der Waals surface area contributed by atoms with E-state index in [1.807, 2.05) is 0 Å². The average Bonchev–Trinajstić information content (AvgIpc) is 2.28. The highest BCUT2D eigenvalue weighted by Gasteiger charge is 2.06. The van der Waals surface area contributed by atoms with Gasteiger partial charge in [-0.05, 0) is 25.0 Å². The molecule has 3 heteroatoms. The molecule has 0 saturated heterocycles. The maximum Gasteiger partial charge on any atom is 0.165 e. The Morgan fingerprint density at radius 1 is 1.33 bits per heavy atom. The first kappa shape index (κ1) is 11.8. The Balaban J connectivity index is 2.77. The number of benzene rings is 1. The number of nitrogens with one attached hydrogen (secondary N) is 1. The van der Waals surface area contributed by atoms with Crippen LogP contribution in [-0.2, 0) is 0 Å². The van der Waals surface area contributed by atoms with E-state index in [0.29, 0.717) is 6.04 Å². The second-order valence-corrected chi connectivity index (χ2v) is 3.51. The number of hydrogen-bond donors (Lipinski definition) is 1. The molecule has 1 N–H and O–H groups in total. The first-order valence-electron chi connectivity index (χ1n) is 5.31. The smallest absolute Gasteiger partial charge is 0.165 e. The standard InChI is InChI=1S/C12H18FNO/c1-4-9(5-2)14-10-6-7-11(13)12(8-10)15-3/h6-9,14H,4-5H2,1-3H3. The summed E-state index contributed by atoms with van der Waals surface area (Å²) in [5.41, 5.74) is 0.905. The van der Waals surface area contributed by atoms with Crippen molar-refractivity contribution in [2.45, 2.75) is 32.7 Å². The molecule has 1 aromatic carbocycles. The molecule has 0 amide bonds. The van der Waals surface area contributed by atoms with Crippen molar-refractivity contribution >= 4 is 5.69 Å². The summed E-state index contributed by atoms with van der Waals surface area (Å²) < 4.78 is 18.0. The van der Waals surface area contributed by atoms with Gasteiger partial charge in [0, 0.05) is 17.8 Å². The Morgan fingerprint density at radius 2 is 2.00 bits per heavy atom. The lowest BCUT2D eigenvalue weighted by atomic mass is 10.1.